The normalized spacial score (nSPS) is 29.0. The molecule has 0 aromatic carbocycles. The van der Waals surface area contributed by atoms with Crippen LogP contribution in [0.25, 0.3) is 0 Å². The zero-order valence-corrected chi connectivity index (χ0v) is 4.00. The Balaban J connectivity index is 2.28. The lowest BCUT2D eigenvalue weighted by atomic mass is 10.3. The molecule has 1 aliphatic rings. The monoisotopic (exact) mass is 100 g/mol. The smallest absolute Gasteiger partial charge is 0.111 e. The van der Waals surface area contributed by atoms with E-state index in [1.807, 2.05) is 12.2 Å². The molecule has 1 rings (SSSR count). The van der Waals surface area contributed by atoms with E-state index in [1.165, 1.54) is 0 Å². The average molecular weight is 100 g/mol. The van der Waals surface area contributed by atoms with Gasteiger partial charge in [-0.1, -0.05) is 12.2 Å². The van der Waals surface area contributed by atoms with E-state index in [-0.39, 0.29) is 6.10 Å². The molecule has 0 radical (unpaired) electrons. The predicted molar refractivity (Wildman–Crippen MR) is 25.9 cm³/mol. The molecule has 2 nitrogen and oxygen atoms in total. The molecular weight excluding hydrogens is 92.1 g/mol. The van der Waals surface area contributed by atoms with Crippen molar-refractivity contribution in [1.82, 2.24) is 0 Å². The second kappa shape index (κ2) is 2.09. The number of rotatable bonds is 1. The van der Waals surface area contributed by atoms with Crippen LogP contribution < -0.4 is 0 Å². The Hall–Kier alpha value is -0.340. The minimum atomic E-state index is -0.0278. The van der Waals surface area contributed by atoms with Gasteiger partial charge in [-0.3, -0.25) is 5.26 Å². The third kappa shape index (κ3) is 1.01. The fourth-order valence-corrected chi connectivity index (χ4v) is 0.693. The summed E-state index contributed by atoms with van der Waals surface area (Å²) < 4.78 is 0. The fourth-order valence-electron chi connectivity index (χ4n) is 0.693. The summed E-state index contributed by atoms with van der Waals surface area (Å²) in [7, 11) is 0. The number of hydrogen-bond donors (Lipinski definition) is 1. The van der Waals surface area contributed by atoms with Crippen molar-refractivity contribution in [3.8, 4) is 0 Å². The maximum Gasteiger partial charge on any atom is 0.111 e. The van der Waals surface area contributed by atoms with Crippen LogP contribution in [-0.4, -0.2) is 11.4 Å². The van der Waals surface area contributed by atoms with E-state index < -0.39 is 0 Å². The molecular formula is C5H8O2. The van der Waals surface area contributed by atoms with Crippen molar-refractivity contribution in [2.75, 3.05) is 0 Å². The quantitative estimate of drug-likeness (QED) is 0.305. The largest absolute Gasteiger partial charge is 0.251 e. The van der Waals surface area contributed by atoms with Crippen molar-refractivity contribution >= 4 is 0 Å². The molecule has 1 aliphatic carbocycles. The maximum atomic E-state index is 8.01. The van der Waals surface area contributed by atoms with E-state index in [2.05, 4.69) is 4.89 Å². The minimum absolute atomic E-state index is 0.0278. The van der Waals surface area contributed by atoms with Crippen molar-refractivity contribution in [2.45, 2.75) is 18.9 Å². The Bertz CT molecular complexity index is 78.1. The summed E-state index contributed by atoms with van der Waals surface area (Å²) in [4.78, 5) is 4.02. The molecule has 0 aliphatic heterocycles. The molecule has 0 amide bonds. The number of allylic oxidation sites excluding steroid dienone is 1. The highest BCUT2D eigenvalue weighted by Crippen LogP contribution is 2.10. The summed E-state index contributed by atoms with van der Waals surface area (Å²) in [5.74, 6) is 0. The summed E-state index contributed by atoms with van der Waals surface area (Å²) in [6, 6.07) is 0. The van der Waals surface area contributed by atoms with E-state index in [0.29, 0.717) is 0 Å². The van der Waals surface area contributed by atoms with Crippen LogP contribution in [0.1, 0.15) is 12.8 Å². The van der Waals surface area contributed by atoms with Crippen molar-refractivity contribution in [3.05, 3.63) is 12.2 Å². The first-order valence-corrected chi connectivity index (χ1v) is 2.40. The molecule has 0 saturated heterocycles. The van der Waals surface area contributed by atoms with E-state index in [0.717, 1.165) is 12.8 Å². The Morgan fingerprint density at radius 1 is 1.71 bits per heavy atom. The van der Waals surface area contributed by atoms with Gasteiger partial charge in [-0.05, 0) is 12.8 Å². The van der Waals surface area contributed by atoms with Gasteiger partial charge in [0.1, 0.15) is 6.10 Å². The first-order chi connectivity index (χ1) is 3.43. The molecule has 1 atom stereocenters. The van der Waals surface area contributed by atoms with Gasteiger partial charge in [-0.2, -0.15) is 0 Å². The second-order valence-electron chi connectivity index (χ2n) is 1.65. The lowest BCUT2D eigenvalue weighted by Crippen LogP contribution is -2.00. The molecule has 0 saturated carbocycles. The van der Waals surface area contributed by atoms with Crippen molar-refractivity contribution in [2.24, 2.45) is 0 Å². The second-order valence-corrected chi connectivity index (χ2v) is 1.65. The van der Waals surface area contributed by atoms with Gasteiger partial charge < -0.3 is 0 Å². The Labute approximate surface area is 42.3 Å². The van der Waals surface area contributed by atoms with Crippen LogP contribution in [-0.2, 0) is 4.89 Å². The third-order valence-corrected chi connectivity index (χ3v) is 1.10. The molecule has 0 heterocycles. The van der Waals surface area contributed by atoms with Crippen molar-refractivity contribution in [3.63, 3.8) is 0 Å². The lowest BCUT2D eigenvalue weighted by Gasteiger charge is -1.97. The molecule has 0 bridgehead atoms. The Kier molecular flexibility index (Phi) is 1.44. The van der Waals surface area contributed by atoms with Gasteiger partial charge in [-0.25, -0.2) is 4.89 Å². The number of hydrogen-bond acceptors (Lipinski definition) is 2. The molecule has 1 N–H and O–H groups in total. The minimum Gasteiger partial charge on any atom is -0.251 e. The van der Waals surface area contributed by atoms with Crippen LogP contribution in [0, 0.1) is 0 Å². The molecule has 0 aromatic heterocycles. The summed E-state index contributed by atoms with van der Waals surface area (Å²) in [6.45, 7) is 0. The standard InChI is InChI=1S/C5H8O2/c6-7-5-3-1-2-4-5/h1,3,5-6H,2,4H2. The van der Waals surface area contributed by atoms with Crippen molar-refractivity contribution < 1.29 is 10.1 Å². The topological polar surface area (TPSA) is 29.5 Å². The van der Waals surface area contributed by atoms with Gasteiger partial charge in [0.15, 0.2) is 0 Å². The van der Waals surface area contributed by atoms with E-state index >= 15 is 0 Å². The fraction of sp³-hybridized carbons (Fsp3) is 0.600. The lowest BCUT2D eigenvalue weighted by molar-refractivity contribution is -0.265. The van der Waals surface area contributed by atoms with E-state index in [1.54, 1.807) is 0 Å². The SMILES string of the molecule is OOC1C=CCC1. The summed E-state index contributed by atoms with van der Waals surface area (Å²) in [5.41, 5.74) is 0. The van der Waals surface area contributed by atoms with Crippen LogP contribution in [0.5, 0.6) is 0 Å². The molecule has 40 valence electrons. The molecule has 0 spiro atoms. The van der Waals surface area contributed by atoms with Gasteiger partial charge in [-0.15, -0.1) is 0 Å². The maximum absolute atomic E-state index is 8.01. The molecule has 0 aromatic rings. The summed E-state index contributed by atoms with van der Waals surface area (Å²) >= 11 is 0. The first kappa shape index (κ1) is 4.81. The first-order valence-electron chi connectivity index (χ1n) is 2.40. The third-order valence-electron chi connectivity index (χ3n) is 1.10. The highest BCUT2D eigenvalue weighted by atomic mass is 17.1. The van der Waals surface area contributed by atoms with Gasteiger partial charge in [0.25, 0.3) is 0 Å². The van der Waals surface area contributed by atoms with E-state index in [4.69, 9.17) is 5.26 Å². The van der Waals surface area contributed by atoms with Crippen molar-refractivity contribution in [1.29, 1.82) is 0 Å². The summed E-state index contributed by atoms with van der Waals surface area (Å²) in [6.07, 6.45) is 5.79. The molecule has 0 fully saturated rings. The van der Waals surface area contributed by atoms with E-state index in [9.17, 15) is 0 Å². The van der Waals surface area contributed by atoms with Gasteiger partial charge in [0, 0.05) is 0 Å². The average Bonchev–Trinajstić information content (AvgIpc) is 2.14. The van der Waals surface area contributed by atoms with Crippen LogP contribution >= 0.6 is 0 Å². The van der Waals surface area contributed by atoms with Crippen LogP contribution in [0.15, 0.2) is 12.2 Å². The van der Waals surface area contributed by atoms with Crippen LogP contribution in [0.4, 0.5) is 0 Å². The van der Waals surface area contributed by atoms with Gasteiger partial charge in [0.05, 0.1) is 0 Å². The highest BCUT2D eigenvalue weighted by molar-refractivity contribution is 4.96. The van der Waals surface area contributed by atoms with Gasteiger partial charge in [0.2, 0.25) is 0 Å². The van der Waals surface area contributed by atoms with Gasteiger partial charge >= 0.3 is 0 Å². The zero-order chi connectivity index (χ0) is 5.11. The Morgan fingerprint density at radius 2 is 2.57 bits per heavy atom. The molecule has 7 heavy (non-hydrogen) atoms. The summed E-state index contributed by atoms with van der Waals surface area (Å²) in [5, 5.41) is 8.01. The predicted octanol–water partition coefficient (Wildman–Crippen LogP) is 1.19. The zero-order valence-electron chi connectivity index (χ0n) is 4.00. The van der Waals surface area contributed by atoms with Crippen LogP contribution in [0.3, 0.4) is 0 Å². The highest BCUT2D eigenvalue weighted by Gasteiger charge is 2.06. The molecule has 1 unspecified atom stereocenters. The van der Waals surface area contributed by atoms with Crippen LogP contribution in [0.2, 0.25) is 0 Å². The Morgan fingerprint density at radius 3 is 2.86 bits per heavy atom. The molecule has 2 heteroatoms.